The molecule has 0 radical (unpaired) electrons. The number of sulfone groups is 1. The van der Waals surface area contributed by atoms with E-state index in [1.54, 1.807) is 25.1 Å². The first-order valence-electron chi connectivity index (χ1n) is 8.87. The van der Waals surface area contributed by atoms with Crippen molar-refractivity contribution in [3.8, 4) is 0 Å². The maximum Gasteiger partial charge on any atom is 0.420 e. The number of carbonyl (C=O) groups excluding carboxylic acids is 1. The Bertz CT molecular complexity index is 1270. The molecule has 28 heavy (non-hydrogen) atoms. The molecule has 148 valence electrons. The highest BCUT2D eigenvalue weighted by molar-refractivity contribution is 7.91. The SMILES string of the molecule is Cc1cc(C(=O)Cn2c(=O)oc3cc(Cl)ccc32)c(C)n1[C@@H]1CCS(=O)(=O)C1. The number of halogens is 1. The molecule has 1 aliphatic rings. The number of ketones is 1. The van der Waals surface area contributed by atoms with Crippen LogP contribution in [0.4, 0.5) is 0 Å². The second-order valence-electron chi connectivity index (χ2n) is 7.20. The van der Waals surface area contributed by atoms with E-state index < -0.39 is 15.6 Å². The summed E-state index contributed by atoms with van der Waals surface area (Å²) in [6.45, 7) is 3.50. The number of fused-ring (bicyclic) bond motifs is 1. The standard InChI is InChI=1S/C19H19ClN2O5S/c1-11-7-15(12(2)22(11)14-5-6-28(25,26)10-14)17(23)9-21-16-4-3-13(20)8-18(16)27-19(21)24/h3-4,7-8,14H,5-6,9-10H2,1-2H3/t14-/m1/s1. The van der Waals surface area contributed by atoms with E-state index in [2.05, 4.69) is 0 Å². The molecule has 0 bridgehead atoms. The number of benzene rings is 1. The molecule has 1 saturated heterocycles. The topological polar surface area (TPSA) is 91.3 Å². The fourth-order valence-electron chi connectivity index (χ4n) is 4.02. The molecule has 3 heterocycles. The molecule has 0 saturated carbocycles. The van der Waals surface area contributed by atoms with Gasteiger partial charge in [-0.1, -0.05) is 11.6 Å². The van der Waals surface area contributed by atoms with Gasteiger partial charge in [0.05, 0.1) is 23.6 Å². The van der Waals surface area contributed by atoms with E-state index in [0.717, 1.165) is 5.69 Å². The molecular weight excluding hydrogens is 404 g/mol. The molecule has 0 aliphatic carbocycles. The van der Waals surface area contributed by atoms with Crippen LogP contribution in [0.15, 0.2) is 33.5 Å². The third-order valence-electron chi connectivity index (χ3n) is 5.29. The molecule has 0 amide bonds. The van der Waals surface area contributed by atoms with E-state index in [9.17, 15) is 18.0 Å². The Balaban J connectivity index is 1.68. The molecule has 4 rings (SSSR count). The lowest BCUT2D eigenvalue weighted by atomic mass is 10.1. The van der Waals surface area contributed by atoms with Crippen LogP contribution in [0, 0.1) is 13.8 Å². The van der Waals surface area contributed by atoms with Gasteiger partial charge in [0, 0.05) is 34.1 Å². The maximum absolute atomic E-state index is 12.9. The highest BCUT2D eigenvalue weighted by Gasteiger charge is 2.31. The number of Topliss-reactive ketones (excluding diaryl/α,β-unsaturated/α-hetero) is 1. The Labute approximate surface area is 166 Å². The summed E-state index contributed by atoms with van der Waals surface area (Å²) >= 11 is 5.92. The van der Waals surface area contributed by atoms with Gasteiger partial charge in [0.2, 0.25) is 0 Å². The van der Waals surface area contributed by atoms with Crippen LogP contribution in [-0.2, 0) is 16.4 Å². The van der Waals surface area contributed by atoms with Crippen molar-refractivity contribution in [3.63, 3.8) is 0 Å². The lowest BCUT2D eigenvalue weighted by molar-refractivity contribution is 0.0970. The average Bonchev–Trinajstić information content (AvgIpc) is 3.21. The highest BCUT2D eigenvalue weighted by Crippen LogP contribution is 2.29. The minimum atomic E-state index is -3.04. The first-order chi connectivity index (χ1) is 13.2. The molecule has 3 aromatic rings. The number of oxazole rings is 1. The second-order valence-corrected chi connectivity index (χ2v) is 9.87. The summed E-state index contributed by atoms with van der Waals surface area (Å²) in [5, 5.41) is 0.440. The first kappa shape index (κ1) is 19.0. The van der Waals surface area contributed by atoms with Gasteiger partial charge in [0.25, 0.3) is 0 Å². The zero-order valence-corrected chi connectivity index (χ0v) is 17.0. The quantitative estimate of drug-likeness (QED) is 0.603. The number of aromatic nitrogens is 2. The van der Waals surface area contributed by atoms with Crippen molar-refractivity contribution in [3.05, 3.63) is 56.8 Å². The minimum Gasteiger partial charge on any atom is -0.408 e. The van der Waals surface area contributed by atoms with E-state index >= 15 is 0 Å². The molecule has 0 spiro atoms. The Hall–Kier alpha value is -2.32. The summed E-state index contributed by atoms with van der Waals surface area (Å²) in [6.07, 6.45) is 0.541. The van der Waals surface area contributed by atoms with Crippen LogP contribution in [0.25, 0.3) is 11.1 Å². The molecule has 2 aromatic heterocycles. The van der Waals surface area contributed by atoms with Gasteiger partial charge in [-0.25, -0.2) is 13.2 Å². The number of hydrogen-bond donors (Lipinski definition) is 0. The smallest absolute Gasteiger partial charge is 0.408 e. The molecule has 1 fully saturated rings. The van der Waals surface area contributed by atoms with Gasteiger partial charge in [0.1, 0.15) is 0 Å². The summed E-state index contributed by atoms with van der Waals surface area (Å²) in [4.78, 5) is 25.1. The van der Waals surface area contributed by atoms with Crippen molar-refractivity contribution in [1.29, 1.82) is 0 Å². The number of carbonyl (C=O) groups is 1. The van der Waals surface area contributed by atoms with Crippen LogP contribution in [-0.4, -0.2) is 34.8 Å². The first-order valence-corrected chi connectivity index (χ1v) is 11.1. The number of hydrogen-bond acceptors (Lipinski definition) is 5. The number of rotatable bonds is 4. The van der Waals surface area contributed by atoms with Crippen LogP contribution >= 0.6 is 11.6 Å². The molecule has 1 aliphatic heterocycles. The van der Waals surface area contributed by atoms with Crippen molar-refractivity contribution in [1.82, 2.24) is 9.13 Å². The van der Waals surface area contributed by atoms with Crippen molar-refractivity contribution >= 4 is 38.3 Å². The summed E-state index contributed by atoms with van der Waals surface area (Å²) < 4.78 is 32.1. The molecule has 0 N–H and O–H groups in total. The van der Waals surface area contributed by atoms with Crippen molar-refractivity contribution in [2.45, 2.75) is 32.9 Å². The van der Waals surface area contributed by atoms with Crippen LogP contribution < -0.4 is 5.76 Å². The molecular formula is C19H19ClN2O5S. The highest BCUT2D eigenvalue weighted by atomic mass is 35.5. The number of aryl methyl sites for hydroxylation is 1. The van der Waals surface area contributed by atoms with Gasteiger partial charge in [-0.15, -0.1) is 0 Å². The third-order valence-corrected chi connectivity index (χ3v) is 7.28. The lowest BCUT2D eigenvalue weighted by Gasteiger charge is -2.16. The Morgan fingerprint density at radius 2 is 2.04 bits per heavy atom. The number of nitrogens with zero attached hydrogens (tertiary/aromatic N) is 2. The van der Waals surface area contributed by atoms with Crippen LogP contribution in [0.2, 0.25) is 5.02 Å². The predicted molar refractivity (Wildman–Crippen MR) is 106 cm³/mol. The van der Waals surface area contributed by atoms with E-state index in [1.165, 1.54) is 10.6 Å². The summed E-state index contributed by atoms with van der Waals surface area (Å²) in [7, 11) is -3.04. The summed E-state index contributed by atoms with van der Waals surface area (Å²) in [5.41, 5.74) is 2.86. The van der Waals surface area contributed by atoms with Gasteiger partial charge >= 0.3 is 5.76 Å². The van der Waals surface area contributed by atoms with Crippen molar-refractivity contribution in [2.75, 3.05) is 11.5 Å². The van der Waals surface area contributed by atoms with Crippen LogP contribution in [0.3, 0.4) is 0 Å². The van der Waals surface area contributed by atoms with E-state index in [4.69, 9.17) is 16.0 Å². The Morgan fingerprint density at radius 3 is 2.71 bits per heavy atom. The van der Waals surface area contributed by atoms with Crippen molar-refractivity contribution in [2.24, 2.45) is 0 Å². The fourth-order valence-corrected chi connectivity index (χ4v) is 5.88. The van der Waals surface area contributed by atoms with E-state index in [-0.39, 0.29) is 29.9 Å². The van der Waals surface area contributed by atoms with Gasteiger partial charge in [0.15, 0.2) is 21.2 Å². The lowest BCUT2D eigenvalue weighted by Crippen LogP contribution is -2.21. The second kappa shape index (κ2) is 6.63. The van der Waals surface area contributed by atoms with Gasteiger partial charge in [-0.05, 0) is 38.5 Å². The van der Waals surface area contributed by atoms with E-state index in [1.807, 2.05) is 11.5 Å². The van der Waals surface area contributed by atoms with Gasteiger partial charge in [-0.3, -0.25) is 9.36 Å². The Kier molecular flexibility index (Phi) is 4.50. The summed E-state index contributed by atoms with van der Waals surface area (Å²) in [5.74, 6) is -0.609. The zero-order valence-electron chi connectivity index (χ0n) is 15.4. The summed E-state index contributed by atoms with van der Waals surface area (Å²) in [6, 6.07) is 6.40. The fraction of sp³-hybridized carbons (Fsp3) is 0.368. The molecule has 1 atom stereocenters. The molecule has 9 heteroatoms. The largest absolute Gasteiger partial charge is 0.420 e. The average molecular weight is 423 g/mol. The maximum atomic E-state index is 12.9. The Morgan fingerprint density at radius 1 is 1.29 bits per heavy atom. The van der Waals surface area contributed by atoms with Gasteiger partial charge in [-0.2, -0.15) is 0 Å². The van der Waals surface area contributed by atoms with Crippen LogP contribution in [0.5, 0.6) is 0 Å². The van der Waals surface area contributed by atoms with Crippen molar-refractivity contribution < 1.29 is 17.6 Å². The monoisotopic (exact) mass is 422 g/mol. The van der Waals surface area contributed by atoms with Gasteiger partial charge < -0.3 is 8.98 Å². The normalized spacial score (nSPS) is 18.8. The van der Waals surface area contributed by atoms with E-state index in [0.29, 0.717) is 33.8 Å². The van der Waals surface area contributed by atoms with Crippen LogP contribution in [0.1, 0.15) is 34.2 Å². The third kappa shape index (κ3) is 3.20. The molecule has 7 nitrogen and oxygen atoms in total. The zero-order chi connectivity index (χ0) is 20.2. The molecule has 0 unspecified atom stereocenters. The predicted octanol–water partition coefficient (Wildman–Crippen LogP) is 2.91. The molecule has 1 aromatic carbocycles. The minimum absolute atomic E-state index is 0.0869.